The van der Waals surface area contributed by atoms with E-state index in [0.29, 0.717) is 0 Å². The number of halogens is 3. The van der Waals surface area contributed by atoms with Crippen LogP contribution in [0.2, 0.25) is 0 Å². The Bertz CT molecular complexity index is 380. The van der Waals surface area contributed by atoms with Crippen molar-refractivity contribution in [1.29, 1.82) is 0 Å². The molecule has 1 aliphatic carbocycles. The van der Waals surface area contributed by atoms with Crippen LogP contribution in [0.25, 0.3) is 0 Å². The number of benzene rings is 1. The van der Waals surface area contributed by atoms with Crippen LogP contribution in [0.5, 0.6) is 0 Å². The zero-order chi connectivity index (χ0) is 14.4. The molecule has 0 amide bonds. The predicted molar refractivity (Wildman–Crippen MR) is 74.5 cm³/mol. The van der Waals surface area contributed by atoms with Crippen molar-refractivity contribution >= 4 is 0 Å². The van der Waals surface area contributed by atoms with Crippen LogP contribution >= 0.6 is 0 Å². The molecule has 0 saturated heterocycles. The lowest BCUT2D eigenvalue weighted by Crippen LogP contribution is -2.35. The molecule has 1 fully saturated rings. The van der Waals surface area contributed by atoms with Crippen molar-refractivity contribution in [2.24, 2.45) is 0 Å². The second-order valence-corrected chi connectivity index (χ2v) is 5.64. The maximum Gasteiger partial charge on any atom is 0.390 e. The Morgan fingerprint density at radius 3 is 2.15 bits per heavy atom. The number of alkyl halides is 3. The first-order chi connectivity index (χ1) is 9.54. The predicted octanol–water partition coefficient (Wildman–Crippen LogP) is 4.99. The van der Waals surface area contributed by atoms with Gasteiger partial charge >= 0.3 is 6.18 Å². The van der Waals surface area contributed by atoms with Gasteiger partial charge in [-0.25, -0.2) is 0 Å². The molecule has 4 heteroatoms. The summed E-state index contributed by atoms with van der Waals surface area (Å²) in [6.07, 6.45) is 1.67. The van der Waals surface area contributed by atoms with Gasteiger partial charge in [-0.3, -0.25) is 0 Å². The Kier molecular flexibility index (Phi) is 5.46. The monoisotopic (exact) mass is 285 g/mol. The van der Waals surface area contributed by atoms with Crippen molar-refractivity contribution in [3.05, 3.63) is 35.9 Å². The maximum absolute atomic E-state index is 12.8. The normalized spacial score (nSPS) is 19.6. The third-order valence-electron chi connectivity index (χ3n) is 3.93. The van der Waals surface area contributed by atoms with Gasteiger partial charge in [-0.15, -0.1) is 0 Å². The first-order valence-corrected chi connectivity index (χ1v) is 7.42. The summed E-state index contributed by atoms with van der Waals surface area (Å²) < 4.78 is 38.4. The van der Waals surface area contributed by atoms with Crippen LogP contribution in [0.1, 0.15) is 56.6 Å². The number of hydrogen-bond donors (Lipinski definition) is 1. The van der Waals surface area contributed by atoms with Crippen LogP contribution in [0.15, 0.2) is 30.3 Å². The van der Waals surface area contributed by atoms with E-state index in [9.17, 15) is 13.2 Å². The Morgan fingerprint density at radius 2 is 1.60 bits per heavy atom. The fourth-order valence-corrected chi connectivity index (χ4v) is 2.92. The van der Waals surface area contributed by atoms with Gasteiger partial charge in [0.25, 0.3) is 0 Å². The van der Waals surface area contributed by atoms with E-state index in [-0.39, 0.29) is 6.04 Å². The molecule has 1 nitrogen and oxygen atoms in total. The lowest BCUT2D eigenvalue weighted by molar-refractivity contribution is -0.141. The average molecular weight is 285 g/mol. The Labute approximate surface area is 118 Å². The fourth-order valence-electron chi connectivity index (χ4n) is 2.92. The summed E-state index contributed by atoms with van der Waals surface area (Å²) in [5.41, 5.74) is 0.731. The van der Waals surface area contributed by atoms with Crippen LogP contribution in [0.3, 0.4) is 0 Å². The lowest BCUT2D eigenvalue weighted by Gasteiger charge is -2.26. The highest BCUT2D eigenvalue weighted by molar-refractivity contribution is 5.19. The summed E-state index contributed by atoms with van der Waals surface area (Å²) in [5, 5.41) is 3.25. The second kappa shape index (κ2) is 7.11. The van der Waals surface area contributed by atoms with Crippen molar-refractivity contribution in [2.45, 2.75) is 63.2 Å². The molecule has 1 aromatic rings. The van der Waals surface area contributed by atoms with Crippen molar-refractivity contribution in [2.75, 3.05) is 0 Å². The second-order valence-electron chi connectivity index (χ2n) is 5.64. The molecule has 0 heterocycles. The van der Waals surface area contributed by atoms with E-state index < -0.39 is 18.6 Å². The third kappa shape index (κ3) is 5.16. The molecule has 1 atom stereocenters. The minimum atomic E-state index is -4.14. The molecular formula is C16H22F3N. The van der Waals surface area contributed by atoms with Crippen LogP contribution in [-0.2, 0) is 0 Å². The molecule has 2 rings (SSSR count). The maximum atomic E-state index is 12.8. The quantitative estimate of drug-likeness (QED) is 0.768. The molecule has 0 aliphatic heterocycles. The standard InChI is InChI=1S/C16H22F3N/c17-16(18,19)12-15(13-8-4-3-5-9-13)20-14-10-6-1-2-7-11-14/h3-5,8-9,14-15,20H,1-2,6-7,10-12H2. The van der Waals surface area contributed by atoms with Gasteiger partial charge in [-0.1, -0.05) is 56.0 Å². The first-order valence-electron chi connectivity index (χ1n) is 7.42. The molecule has 20 heavy (non-hydrogen) atoms. The van der Waals surface area contributed by atoms with E-state index in [1.54, 1.807) is 24.3 Å². The van der Waals surface area contributed by atoms with Crippen LogP contribution in [0.4, 0.5) is 13.2 Å². The minimum Gasteiger partial charge on any atom is -0.307 e. The number of hydrogen-bond acceptors (Lipinski definition) is 1. The van der Waals surface area contributed by atoms with Crippen LogP contribution in [0, 0.1) is 0 Å². The zero-order valence-electron chi connectivity index (χ0n) is 11.6. The Hall–Kier alpha value is -1.03. The molecule has 1 N–H and O–H groups in total. The molecule has 1 saturated carbocycles. The Balaban J connectivity index is 2.05. The van der Waals surface area contributed by atoms with Crippen molar-refractivity contribution < 1.29 is 13.2 Å². The van der Waals surface area contributed by atoms with E-state index in [4.69, 9.17) is 0 Å². The van der Waals surface area contributed by atoms with E-state index in [2.05, 4.69) is 5.32 Å². The van der Waals surface area contributed by atoms with Crippen LogP contribution in [-0.4, -0.2) is 12.2 Å². The molecule has 1 unspecified atom stereocenters. The number of rotatable bonds is 4. The van der Waals surface area contributed by atoms with E-state index in [1.165, 1.54) is 12.8 Å². The minimum absolute atomic E-state index is 0.213. The summed E-state index contributed by atoms with van der Waals surface area (Å²) in [6.45, 7) is 0. The summed E-state index contributed by atoms with van der Waals surface area (Å²) in [7, 11) is 0. The highest BCUT2D eigenvalue weighted by atomic mass is 19.4. The summed E-state index contributed by atoms with van der Waals surface area (Å²) in [4.78, 5) is 0. The van der Waals surface area contributed by atoms with Crippen LogP contribution < -0.4 is 5.32 Å². The van der Waals surface area contributed by atoms with Gasteiger partial charge in [0.05, 0.1) is 6.42 Å². The molecule has 1 aliphatic rings. The molecule has 0 spiro atoms. The van der Waals surface area contributed by atoms with Gasteiger partial charge in [0.1, 0.15) is 0 Å². The van der Waals surface area contributed by atoms with Gasteiger partial charge in [0.2, 0.25) is 0 Å². The molecule has 0 radical (unpaired) electrons. The van der Waals surface area contributed by atoms with E-state index in [0.717, 1.165) is 31.2 Å². The lowest BCUT2D eigenvalue weighted by atomic mass is 10.00. The van der Waals surface area contributed by atoms with E-state index in [1.807, 2.05) is 6.07 Å². The highest BCUT2D eigenvalue weighted by Crippen LogP contribution is 2.31. The molecular weight excluding hydrogens is 263 g/mol. The van der Waals surface area contributed by atoms with Gasteiger partial charge in [-0.2, -0.15) is 13.2 Å². The smallest absolute Gasteiger partial charge is 0.307 e. The molecule has 1 aromatic carbocycles. The largest absolute Gasteiger partial charge is 0.390 e. The summed E-state index contributed by atoms with van der Waals surface area (Å²) >= 11 is 0. The van der Waals surface area contributed by atoms with E-state index >= 15 is 0 Å². The van der Waals surface area contributed by atoms with Gasteiger partial charge in [0.15, 0.2) is 0 Å². The number of nitrogens with one attached hydrogen (secondary N) is 1. The highest BCUT2D eigenvalue weighted by Gasteiger charge is 2.33. The molecule has 112 valence electrons. The van der Waals surface area contributed by atoms with Gasteiger partial charge in [-0.05, 0) is 18.4 Å². The first kappa shape index (κ1) is 15.4. The average Bonchev–Trinajstić information content (AvgIpc) is 2.66. The summed E-state index contributed by atoms with van der Waals surface area (Å²) in [6, 6.07) is 8.57. The zero-order valence-corrected chi connectivity index (χ0v) is 11.6. The van der Waals surface area contributed by atoms with Crippen molar-refractivity contribution in [1.82, 2.24) is 5.32 Å². The van der Waals surface area contributed by atoms with Gasteiger partial charge in [0, 0.05) is 12.1 Å². The van der Waals surface area contributed by atoms with Crippen molar-refractivity contribution in [3.8, 4) is 0 Å². The Morgan fingerprint density at radius 1 is 1.00 bits per heavy atom. The summed E-state index contributed by atoms with van der Waals surface area (Å²) in [5.74, 6) is 0. The fraction of sp³-hybridized carbons (Fsp3) is 0.625. The third-order valence-corrected chi connectivity index (χ3v) is 3.93. The topological polar surface area (TPSA) is 12.0 Å². The molecule has 0 bridgehead atoms. The SMILES string of the molecule is FC(F)(F)CC(NC1CCCCCC1)c1ccccc1. The van der Waals surface area contributed by atoms with Crippen molar-refractivity contribution in [3.63, 3.8) is 0 Å². The molecule has 0 aromatic heterocycles. The van der Waals surface area contributed by atoms with Gasteiger partial charge < -0.3 is 5.32 Å².